The van der Waals surface area contributed by atoms with E-state index in [2.05, 4.69) is 9.97 Å². The number of aldehydes is 1. The Bertz CT molecular complexity index is 787. The number of aromatic nitrogens is 2. The molecule has 1 amide bonds. The van der Waals surface area contributed by atoms with Crippen LogP contribution < -0.4 is 4.90 Å². The number of rotatable bonds is 4. The molecule has 6 nitrogen and oxygen atoms in total. The minimum atomic E-state index is -0.701. The van der Waals surface area contributed by atoms with Gasteiger partial charge in [-0.1, -0.05) is 0 Å². The zero-order valence-electron chi connectivity index (χ0n) is 14.6. The molecule has 0 saturated carbocycles. The SMILES string of the molecule is Cc1nc(N(Cc2cncc(F)c2)C(=O)OC(C)(C)C)ccc1C=O. The van der Waals surface area contributed by atoms with Crippen LogP contribution in [0.5, 0.6) is 0 Å². The van der Waals surface area contributed by atoms with Crippen LogP contribution in [0.1, 0.15) is 42.4 Å². The first kappa shape index (κ1) is 18.5. The van der Waals surface area contributed by atoms with Gasteiger partial charge in [0.15, 0.2) is 6.29 Å². The number of nitrogens with zero attached hydrogens (tertiary/aromatic N) is 3. The molecule has 2 heterocycles. The Morgan fingerprint density at radius 2 is 2.04 bits per heavy atom. The fraction of sp³-hybridized carbons (Fsp3) is 0.333. The lowest BCUT2D eigenvalue weighted by molar-refractivity contribution is 0.0576. The Kier molecular flexibility index (Phi) is 5.46. The van der Waals surface area contributed by atoms with Gasteiger partial charge in [-0.05, 0) is 51.5 Å². The molecule has 0 fully saturated rings. The third-order valence-electron chi connectivity index (χ3n) is 3.23. The molecule has 0 N–H and O–H groups in total. The summed E-state index contributed by atoms with van der Waals surface area (Å²) >= 11 is 0. The number of pyridine rings is 2. The molecule has 0 aliphatic rings. The minimum absolute atomic E-state index is 0.0343. The number of carbonyl (C=O) groups is 2. The smallest absolute Gasteiger partial charge is 0.416 e. The van der Waals surface area contributed by atoms with Gasteiger partial charge in [-0.2, -0.15) is 0 Å². The summed E-state index contributed by atoms with van der Waals surface area (Å²) in [6, 6.07) is 4.41. The first-order valence-corrected chi connectivity index (χ1v) is 7.72. The number of halogens is 1. The van der Waals surface area contributed by atoms with Gasteiger partial charge >= 0.3 is 6.09 Å². The van der Waals surface area contributed by atoms with Crippen LogP contribution in [0.25, 0.3) is 0 Å². The van der Waals surface area contributed by atoms with Crippen molar-refractivity contribution < 1.29 is 18.7 Å². The lowest BCUT2D eigenvalue weighted by Gasteiger charge is -2.27. The molecule has 2 aromatic rings. The summed E-state index contributed by atoms with van der Waals surface area (Å²) < 4.78 is 18.8. The normalized spacial score (nSPS) is 11.1. The van der Waals surface area contributed by atoms with Crippen LogP contribution in [0.4, 0.5) is 15.0 Å². The van der Waals surface area contributed by atoms with E-state index in [9.17, 15) is 14.0 Å². The molecule has 0 aliphatic heterocycles. The molecule has 2 aromatic heterocycles. The highest BCUT2D eigenvalue weighted by atomic mass is 19.1. The minimum Gasteiger partial charge on any atom is -0.443 e. The van der Waals surface area contributed by atoms with Gasteiger partial charge in [0.1, 0.15) is 17.2 Å². The van der Waals surface area contributed by atoms with E-state index in [1.54, 1.807) is 39.8 Å². The standard InChI is InChI=1S/C18H20FN3O3/c1-12-14(11-23)5-6-16(21-12)22(17(24)25-18(2,3)4)10-13-7-15(19)9-20-8-13/h5-9,11H,10H2,1-4H3. The van der Waals surface area contributed by atoms with Crippen LogP contribution in [0.2, 0.25) is 0 Å². The van der Waals surface area contributed by atoms with Crippen molar-refractivity contribution in [3.8, 4) is 0 Å². The number of amides is 1. The quantitative estimate of drug-likeness (QED) is 0.791. The molecule has 0 saturated heterocycles. The molecule has 0 atom stereocenters. The molecular formula is C18H20FN3O3. The zero-order valence-corrected chi connectivity index (χ0v) is 14.6. The molecule has 25 heavy (non-hydrogen) atoms. The van der Waals surface area contributed by atoms with E-state index in [1.807, 2.05) is 0 Å². The predicted molar refractivity (Wildman–Crippen MR) is 91.0 cm³/mol. The zero-order chi connectivity index (χ0) is 18.6. The number of aryl methyl sites for hydroxylation is 1. The molecule has 0 radical (unpaired) electrons. The first-order valence-electron chi connectivity index (χ1n) is 7.72. The molecule has 2 rings (SSSR count). The van der Waals surface area contributed by atoms with Crippen molar-refractivity contribution in [3.63, 3.8) is 0 Å². The Hall–Kier alpha value is -2.83. The summed E-state index contributed by atoms with van der Waals surface area (Å²) in [4.78, 5) is 32.9. The Morgan fingerprint density at radius 1 is 1.32 bits per heavy atom. The fourth-order valence-electron chi connectivity index (χ4n) is 2.11. The second-order valence-electron chi connectivity index (χ2n) is 6.54. The third kappa shape index (κ3) is 5.07. The largest absolute Gasteiger partial charge is 0.443 e. The van der Waals surface area contributed by atoms with Crippen LogP contribution in [0, 0.1) is 12.7 Å². The van der Waals surface area contributed by atoms with Crippen molar-refractivity contribution in [2.75, 3.05) is 4.90 Å². The van der Waals surface area contributed by atoms with E-state index in [0.29, 0.717) is 28.9 Å². The van der Waals surface area contributed by atoms with Crippen molar-refractivity contribution in [2.24, 2.45) is 0 Å². The van der Waals surface area contributed by atoms with Crippen LogP contribution in [0.15, 0.2) is 30.6 Å². The summed E-state index contributed by atoms with van der Waals surface area (Å²) in [6.07, 6.45) is 2.62. The molecule has 0 unspecified atom stereocenters. The van der Waals surface area contributed by atoms with E-state index in [-0.39, 0.29) is 6.54 Å². The van der Waals surface area contributed by atoms with Gasteiger partial charge in [0.25, 0.3) is 0 Å². The first-order chi connectivity index (χ1) is 11.7. The van der Waals surface area contributed by atoms with E-state index in [1.165, 1.54) is 17.2 Å². The van der Waals surface area contributed by atoms with Crippen molar-refractivity contribution in [3.05, 3.63) is 53.2 Å². The molecule has 0 aliphatic carbocycles. The lowest BCUT2D eigenvalue weighted by atomic mass is 10.2. The van der Waals surface area contributed by atoms with Crippen molar-refractivity contribution in [1.82, 2.24) is 9.97 Å². The summed E-state index contributed by atoms with van der Waals surface area (Å²) in [5.41, 5.74) is 0.705. The van der Waals surface area contributed by atoms with Crippen LogP contribution in [-0.2, 0) is 11.3 Å². The third-order valence-corrected chi connectivity index (χ3v) is 3.23. The maximum Gasteiger partial charge on any atom is 0.416 e. The van der Waals surface area contributed by atoms with Crippen LogP contribution in [-0.4, -0.2) is 27.9 Å². The summed E-state index contributed by atoms with van der Waals surface area (Å²) in [5, 5.41) is 0. The van der Waals surface area contributed by atoms with Crippen molar-refractivity contribution in [2.45, 2.75) is 39.8 Å². The van der Waals surface area contributed by atoms with Crippen molar-refractivity contribution >= 4 is 18.2 Å². The number of carbonyl (C=O) groups excluding carboxylic acids is 2. The second kappa shape index (κ2) is 7.38. The second-order valence-corrected chi connectivity index (χ2v) is 6.54. The number of ether oxygens (including phenoxy) is 1. The Morgan fingerprint density at radius 3 is 2.60 bits per heavy atom. The Balaban J connectivity index is 2.39. The van der Waals surface area contributed by atoms with Gasteiger partial charge < -0.3 is 4.74 Å². The molecule has 0 aromatic carbocycles. The van der Waals surface area contributed by atoms with Crippen molar-refractivity contribution in [1.29, 1.82) is 0 Å². The average molecular weight is 345 g/mol. The maximum atomic E-state index is 13.4. The van der Waals surface area contributed by atoms with E-state index in [4.69, 9.17) is 4.74 Å². The Labute approximate surface area is 145 Å². The highest BCUT2D eigenvalue weighted by Gasteiger charge is 2.25. The van der Waals surface area contributed by atoms with Crippen LogP contribution in [0.3, 0.4) is 0 Å². The number of anilines is 1. The average Bonchev–Trinajstić information content (AvgIpc) is 2.51. The van der Waals surface area contributed by atoms with Crippen LogP contribution >= 0.6 is 0 Å². The van der Waals surface area contributed by atoms with E-state index in [0.717, 1.165) is 6.20 Å². The fourth-order valence-corrected chi connectivity index (χ4v) is 2.11. The topological polar surface area (TPSA) is 72.4 Å². The van der Waals surface area contributed by atoms with E-state index < -0.39 is 17.5 Å². The highest BCUT2D eigenvalue weighted by Crippen LogP contribution is 2.20. The highest BCUT2D eigenvalue weighted by molar-refractivity contribution is 5.87. The number of hydrogen-bond donors (Lipinski definition) is 0. The number of hydrogen-bond acceptors (Lipinski definition) is 5. The van der Waals surface area contributed by atoms with Gasteiger partial charge in [0.2, 0.25) is 0 Å². The molecule has 0 bridgehead atoms. The van der Waals surface area contributed by atoms with Gasteiger partial charge in [-0.3, -0.25) is 14.7 Å². The summed E-state index contributed by atoms with van der Waals surface area (Å²) in [6.45, 7) is 6.96. The molecule has 132 valence electrons. The summed E-state index contributed by atoms with van der Waals surface area (Å²) in [5.74, 6) is -0.191. The predicted octanol–water partition coefficient (Wildman–Crippen LogP) is 3.68. The molecular weight excluding hydrogens is 325 g/mol. The summed E-state index contributed by atoms with van der Waals surface area (Å²) in [7, 11) is 0. The monoisotopic (exact) mass is 345 g/mol. The molecule has 7 heteroatoms. The van der Waals surface area contributed by atoms with Gasteiger partial charge in [-0.15, -0.1) is 0 Å². The van der Waals surface area contributed by atoms with Gasteiger partial charge in [0.05, 0.1) is 18.4 Å². The van der Waals surface area contributed by atoms with E-state index >= 15 is 0 Å². The maximum absolute atomic E-state index is 13.4. The lowest BCUT2D eigenvalue weighted by Crippen LogP contribution is -2.37. The molecule has 0 spiro atoms. The van der Waals surface area contributed by atoms with Gasteiger partial charge in [0, 0.05) is 11.8 Å². The van der Waals surface area contributed by atoms with Gasteiger partial charge in [-0.25, -0.2) is 14.2 Å².